The van der Waals surface area contributed by atoms with Gasteiger partial charge in [0.05, 0.1) is 84.5 Å². The molecule has 1 aliphatic rings. The van der Waals surface area contributed by atoms with Crippen molar-refractivity contribution in [2.45, 2.75) is 77.9 Å². The molecule has 1 aliphatic heterocycles. The van der Waals surface area contributed by atoms with E-state index in [1.165, 1.54) is 11.0 Å². The van der Waals surface area contributed by atoms with Crippen molar-refractivity contribution in [1.29, 1.82) is 0 Å². The van der Waals surface area contributed by atoms with E-state index in [4.69, 9.17) is 28.8 Å². The quantitative estimate of drug-likeness (QED) is 0.0372. The van der Waals surface area contributed by atoms with Crippen LogP contribution in [0.3, 0.4) is 0 Å². The molecule has 28 heteroatoms. The van der Waals surface area contributed by atoms with Gasteiger partial charge in [-0.3, -0.25) is 57.7 Å². The summed E-state index contributed by atoms with van der Waals surface area (Å²) in [5.74, 6) is -4.64. The highest BCUT2D eigenvalue weighted by atomic mass is 16.6. The number of amides is 3. The molecule has 28 nitrogen and oxygen atoms in total. The minimum absolute atomic E-state index is 0.00564. The smallest absolute Gasteiger partial charge is 0.320 e. The van der Waals surface area contributed by atoms with E-state index in [2.05, 4.69) is 20.8 Å². The maximum absolute atomic E-state index is 13.1. The van der Waals surface area contributed by atoms with Gasteiger partial charge in [-0.15, -0.1) is 10.2 Å². The van der Waals surface area contributed by atoms with Crippen molar-refractivity contribution in [3.8, 4) is 34.3 Å². The summed E-state index contributed by atoms with van der Waals surface area (Å²) in [7, 11) is 1.59. The minimum atomic E-state index is -1.13. The number of likely N-dealkylation sites (tertiary alicyclic amines) is 1. The second-order valence-corrected chi connectivity index (χ2v) is 20.4. The maximum atomic E-state index is 13.1. The maximum Gasteiger partial charge on any atom is 0.320 e. The fourth-order valence-corrected chi connectivity index (χ4v) is 9.21. The molecule has 2 aromatic carbocycles. The molecule has 4 rings (SSSR count). The van der Waals surface area contributed by atoms with Crippen LogP contribution >= 0.6 is 0 Å². The highest BCUT2D eigenvalue weighted by Crippen LogP contribution is 2.38. The zero-order chi connectivity index (χ0) is 61.6. The van der Waals surface area contributed by atoms with Crippen LogP contribution in [0.15, 0.2) is 36.4 Å². The number of carbonyl (C=O) groups excluding carboxylic acids is 3. The van der Waals surface area contributed by atoms with Crippen LogP contribution in [0.5, 0.6) is 17.2 Å². The Morgan fingerprint density at radius 3 is 1.79 bits per heavy atom. The standard InChI is InChI=1S/C56H86N10O18/c1-6-57-55(77)54-60-59-53(44-34-43(39(3)4)46(67)35-47(44)68)66(54)40-8-10-41(11-9-40)84-42-14-18-65(19-15-42)49(70)16-26-80-28-30-82-32-33-83-31-29-81-27-17-58-48(69)13-12-45(56(78)79)64(7-2)25-24-63(38-52(75)76)23-22-62(37-51(73)74)21-20-61(5)36-50(71)72/h8-11,34-35,39,42,45,67-68H,6-7,12-33,36-38H2,1-5H3,(H,57,77)(H,58,69)(H,71,72)(H,73,74)(H,75,76)(H,78,79)/t45-/m0/s1. The number of rotatable bonds is 43. The average Bonchev–Trinajstić information content (AvgIpc) is 3.93. The summed E-state index contributed by atoms with van der Waals surface area (Å²) in [4.78, 5) is 93.2. The monoisotopic (exact) mass is 1190 g/mol. The lowest BCUT2D eigenvalue weighted by Gasteiger charge is -2.32. The average molecular weight is 1190 g/mol. The Kier molecular flexibility index (Phi) is 30.8. The number of hydrogen-bond donors (Lipinski definition) is 8. The van der Waals surface area contributed by atoms with E-state index < -0.39 is 35.8 Å². The van der Waals surface area contributed by atoms with Gasteiger partial charge >= 0.3 is 23.9 Å². The predicted molar refractivity (Wildman–Crippen MR) is 305 cm³/mol. The van der Waals surface area contributed by atoms with Crippen LogP contribution in [-0.2, 0) is 47.7 Å². The SMILES string of the molecule is CCNC(=O)c1nnc(-c2cc(C(C)C)c(O)cc2O)n1-c1ccc(OC2CCN(C(=O)CCOCCOCCOCCOCCNC(=O)CC[C@@H](C(=O)O)N(CC)CCN(CCN(CCN(C)CC(=O)O)CC(=O)O)CC(=O)O)CC2)cc1. The molecule has 0 spiro atoms. The number of ether oxygens (including phenoxy) is 5. The number of aromatic hydroxyl groups is 2. The summed E-state index contributed by atoms with van der Waals surface area (Å²) in [5.41, 5.74) is 1.46. The molecule has 3 amide bonds. The summed E-state index contributed by atoms with van der Waals surface area (Å²) in [6.45, 7) is 11.9. The Morgan fingerprint density at radius 2 is 1.24 bits per heavy atom. The van der Waals surface area contributed by atoms with Gasteiger partial charge in [-0.25, -0.2) is 0 Å². The molecule has 1 fully saturated rings. The third-order valence-corrected chi connectivity index (χ3v) is 13.7. The third kappa shape index (κ3) is 24.6. The third-order valence-electron chi connectivity index (χ3n) is 13.7. The topological polar surface area (TPSA) is 358 Å². The number of carbonyl (C=O) groups is 7. The van der Waals surface area contributed by atoms with Crippen molar-refractivity contribution in [2.24, 2.45) is 0 Å². The number of piperidine rings is 1. The van der Waals surface area contributed by atoms with Crippen LogP contribution in [0, 0.1) is 0 Å². The summed E-state index contributed by atoms with van der Waals surface area (Å²) >= 11 is 0. The fourth-order valence-electron chi connectivity index (χ4n) is 9.21. The van der Waals surface area contributed by atoms with Crippen molar-refractivity contribution in [2.75, 3.05) is 152 Å². The molecule has 1 atom stereocenters. The summed E-state index contributed by atoms with van der Waals surface area (Å²) in [5, 5.41) is 73.1. The van der Waals surface area contributed by atoms with Gasteiger partial charge in [0.1, 0.15) is 29.4 Å². The van der Waals surface area contributed by atoms with E-state index in [-0.39, 0.29) is 152 Å². The first-order chi connectivity index (χ1) is 40.2. The molecule has 84 heavy (non-hydrogen) atoms. The molecular formula is C56H86N10O18. The largest absolute Gasteiger partial charge is 0.508 e. The van der Waals surface area contributed by atoms with Gasteiger partial charge in [0, 0.05) is 96.5 Å². The van der Waals surface area contributed by atoms with Gasteiger partial charge in [0.15, 0.2) is 5.82 Å². The number of carboxylic acid groups (broad SMARTS) is 4. The number of aromatic nitrogens is 3. The van der Waals surface area contributed by atoms with E-state index >= 15 is 0 Å². The Bertz CT molecular complexity index is 2540. The zero-order valence-electron chi connectivity index (χ0n) is 48.9. The lowest BCUT2D eigenvalue weighted by molar-refractivity contribution is -0.144. The normalized spacial score (nSPS) is 13.3. The second kappa shape index (κ2) is 37.3. The van der Waals surface area contributed by atoms with Crippen LogP contribution in [0.2, 0.25) is 0 Å². The highest BCUT2D eigenvalue weighted by Gasteiger charge is 2.29. The number of nitrogens with one attached hydrogen (secondary N) is 2. The van der Waals surface area contributed by atoms with Crippen LogP contribution in [0.25, 0.3) is 17.1 Å². The van der Waals surface area contributed by atoms with E-state index in [9.17, 15) is 59.1 Å². The fraction of sp³-hybridized carbons (Fsp3) is 0.625. The molecule has 468 valence electrons. The number of likely N-dealkylation sites (N-methyl/N-ethyl adjacent to an activating group) is 2. The van der Waals surface area contributed by atoms with Crippen molar-refractivity contribution in [1.82, 2.24) is 49.9 Å². The predicted octanol–water partition coefficient (Wildman–Crippen LogP) is 1.51. The second-order valence-electron chi connectivity index (χ2n) is 20.4. The number of carboxylic acids is 4. The van der Waals surface area contributed by atoms with Crippen LogP contribution in [-0.4, -0.2) is 275 Å². The number of nitrogens with zero attached hydrogens (tertiary/aromatic N) is 8. The van der Waals surface area contributed by atoms with Gasteiger partial charge in [-0.05, 0) is 68.8 Å². The minimum Gasteiger partial charge on any atom is -0.508 e. The van der Waals surface area contributed by atoms with Gasteiger partial charge in [0.25, 0.3) is 5.91 Å². The van der Waals surface area contributed by atoms with Crippen LogP contribution in [0.4, 0.5) is 0 Å². The molecule has 2 heterocycles. The van der Waals surface area contributed by atoms with Crippen molar-refractivity contribution in [3.63, 3.8) is 0 Å². The summed E-state index contributed by atoms with van der Waals surface area (Å²) in [6, 6.07) is 8.99. The molecule has 3 aromatic rings. The first-order valence-electron chi connectivity index (χ1n) is 28.4. The Balaban J connectivity index is 1.03. The van der Waals surface area contributed by atoms with E-state index in [1.807, 2.05) is 13.8 Å². The zero-order valence-corrected chi connectivity index (χ0v) is 48.9. The van der Waals surface area contributed by atoms with Gasteiger partial charge in [-0.2, -0.15) is 0 Å². The number of hydrogen-bond acceptors (Lipinski definition) is 20. The molecule has 8 N–H and O–H groups in total. The van der Waals surface area contributed by atoms with E-state index in [1.54, 1.807) is 75.4 Å². The Hall–Kier alpha value is -7.05. The first kappa shape index (κ1) is 69.4. The lowest BCUT2D eigenvalue weighted by Crippen LogP contribution is -2.48. The lowest BCUT2D eigenvalue weighted by atomic mass is 9.98. The van der Waals surface area contributed by atoms with Gasteiger partial charge in [-0.1, -0.05) is 20.8 Å². The molecule has 0 unspecified atom stereocenters. The Labute approximate surface area is 489 Å². The van der Waals surface area contributed by atoms with Crippen LogP contribution in [0.1, 0.15) is 81.9 Å². The molecule has 0 saturated carbocycles. The molecular weight excluding hydrogens is 1100 g/mol. The molecule has 1 aromatic heterocycles. The molecule has 0 radical (unpaired) electrons. The van der Waals surface area contributed by atoms with Gasteiger partial charge in [0.2, 0.25) is 17.6 Å². The first-order valence-corrected chi connectivity index (χ1v) is 28.4. The molecule has 0 bridgehead atoms. The number of phenols is 2. The van der Waals surface area contributed by atoms with Crippen molar-refractivity contribution < 1.29 is 87.9 Å². The highest BCUT2D eigenvalue weighted by molar-refractivity contribution is 5.92. The number of benzene rings is 2. The van der Waals surface area contributed by atoms with Gasteiger partial charge < -0.3 is 69.9 Å². The summed E-state index contributed by atoms with van der Waals surface area (Å²) < 4.78 is 30.1. The number of phenolic OH excluding ortho intramolecular Hbond substituents is 2. The molecule has 0 aliphatic carbocycles. The van der Waals surface area contributed by atoms with E-state index in [0.29, 0.717) is 94.6 Å². The Morgan fingerprint density at radius 1 is 0.679 bits per heavy atom. The summed E-state index contributed by atoms with van der Waals surface area (Å²) in [6.07, 6.45) is 1.32. The number of aliphatic carboxylic acids is 4. The van der Waals surface area contributed by atoms with E-state index in [0.717, 1.165) is 0 Å². The van der Waals surface area contributed by atoms with Crippen molar-refractivity contribution >= 4 is 41.6 Å². The molecule has 1 saturated heterocycles. The van der Waals surface area contributed by atoms with Crippen molar-refractivity contribution in [3.05, 3.63) is 47.8 Å². The van der Waals surface area contributed by atoms with Crippen LogP contribution < -0.4 is 15.4 Å².